The molecule has 0 atom stereocenters. The summed E-state index contributed by atoms with van der Waals surface area (Å²) in [5.41, 5.74) is 1.95. The fourth-order valence-corrected chi connectivity index (χ4v) is 2.19. The fraction of sp³-hybridized carbons (Fsp3) is 0.375. The van der Waals surface area contributed by atoms with Crippen LogP contribution in [0.2, 0.25) is 5.02 Å². The topological polar surface area (TPSA) is 47.0 Å². The Bertz CT molecular complexity index is 589. The molecule has 0 aliphatic rings. The molecule has 112 valence electrons. The molecule has 0 bridgehead atoms. The standard InChI is InChI=1S/C16H20ClN3O/c1-3-9-18-15-13(4-2)16(20-11-19-15)21-10-12-7-5-6-8-14(12)17/h5-8,11H,3-4,9-10H2,1-2H3,(H,18,19,20). The van der Waals surface area contributed by atoms with Gasteiger partial charge in [0.2, 0.25) is 5.88 Å². The van der Waals surface area contributed by atoms with Crippen LogP contribution in [0.25, 0.3) is 0 Å². The summed E-state index contributed by atoms with van der Waals surface area (Å²) in [4.78, 5) is 8.54. The van der Waals surface area contributed by atoms with Crippen molar-refractivity contribution < 1.29 is 4.74 Å². The van der Waals surface area contributed by atoms with E-state index in [1.165, 1.54) is 6.33 Å². The summed E-state index contributed by atoms with van der Waals surface area (Å²) in [6.45, 7) is 5.47. The summed E-state index contributed by atoms with van der Waals surface area (Å²) >= 11 is 6.14. The first kappa shape index (κ1) is 15.6. The minimum Gasteiger partial charge on any atom is -0.472 e. The molecule has 0 saturated heterocycles. The number of hydrogen-bond donors (Lipinski definition) is 1. The Morgan fingerprint density at radius 1 is 1.19 bits per heavy atom. The van der Waals surface area contributed by atoms with Crippen molar-refractivity contribution >= 4 is 17.4 Å². The lowest BCUT2D eigenvalue weighted by Gasteiger charge is -2.13. The van der Waals surface area contributed by atoms with E-state index >= 15 is 0 Å². The van der Waals surface area contributed by atoms with E-state index in [4.69, 9.17) is 16.3 Å². The average molecular weight is 306 g/mol. The van der Waals surface area contributed by atoms with Gasteiger partial charge in [0.15, 0.2) is 0 Å². The number of hydrogen-bond acceptors (Lipinski definition) is 4. The van der Waals surface area contributed by atoms with Gasteiger partial charge in [-0.1, -0.05) is 43.6 Å². The molecule has 0 radical (unpaired) electrons. The van der Waals surface area contributed by atoms with Crippen molar-refractivity contribution in [3.63, 3.8) is 0 Å². The summed E-state index contributed by atoms with van der Waals surface area (Å²) in [7, 11) is 0. The van der Waals surface area contributed by atoms with Gasteiger partial charge >= 0.3 is 0 Å². The largest absolute Gasteiger partial charge is 0.472 e. The summed E-state index contributed by atoms with van der Waals surface area (Å²) in [5, 5.41) is 4.01. The first-order chi connectivity index (χ1) is 10.3. The number of anilines is 1. The zero-order chi connectivity index (χ0) is 15.1. The molecule has 1 N–H and O–H groups in total. The molecule has 1 aromatic carbocycles. The van der Waals surface area contributed by atoms with Gasteiger partial charge in [-0.05, 0) is 18.9 Å². The molecule has 2 rings (SSSR count). The van der Waals surface area contributed by atoms with Crippen molar-refractivity contribution in [1.82, 2.24) is 9.97 Å². The Morgan fingerprint density at radius 3 is 2.71 bits per heavy atom. The van der Waals surface area contributed by atoms with E-state index in [0.717, 1.165) is 36.3 Å². The van der Waals surface area contributed by atoms with Crippen LogP contribution in [-0.2, 0) is 13.0 Å². The third-order valence-electron chi connectivity index (χ3n) is 3.12. The number of rotatable bonds is 7. The summed E-state index contributed by atoms with van der Waals surface area (Å²) < 4.78 is 5.84. The number of nitrogens with zero attached hydrogens (tertiary/aromatic N) is 2. The summed E-state index contributed by atoms with van der Waals surface area (Å²) in [6, 6.07) is 7.65. The Hall–Kier alpha value is -1.81. The second-order valence-corrected chi connectivity index (χ2v) is 5.07. The van der Waals surface area contributed by atoms with Gasteiger partial charge in [0, 0.05) is 17.1 Å². The maximum absolute atomic E-state index is 6.14. The first-order valence-electron chi connectivity index (χ1n) is 7.20. The van der Waals surface area contributed by atoms with Crippen LogP contribution < -0.4 is 10.1 Å². The van der Waals surface area contributed by atoms with E-state index in [1.54, 1.807) is 0 Å². The van der Waals surface area contributed by atoms with E-state index in [1.807, 2.05) is 24.3 Å². The van der Waals surface area contributed by atoms with E-state index in [0.29, 0.717) is 17.5 Å². The summed E-state index contributed by atoms with van der Waals surface area (Å²) in [6.07, 6.45) is 3.38. The van der Waals surface area contributed by atoms with E-state index < -0.39 is 0 Å². The van der Waals surface area contributed by atoms with E-state index in [9.17, 15) is 0 Å². The predicted octanol–water partition coefficient (Wildman–Crippen LogP) is 4.09. The quantitative estimate of drug-likeness (QED) is 0.837. The SMILES string of the molecule is CCCNc1ncnc(OCc2ccccc2Cl)c1CC. The minimum absolute atomic E-state index is 0.400. The normalized spacial score (nSPS) is 10.4. The molecule has 5 heteroatoms. The molecule has 0 unspecified atom stereocenters. The lowest BCUT2D eigenvalue weighted by atomic mass is 10.2. The van der Waals surface area contributed by atoms with Crippen molar-refractivity contribution in [2.24, 2.45) is 0 Å². The van der Waals surface area contributed by atoms with Gasteiger partial charge < -0.3 is 10.1 Å². The van der Waals surface area contributed by atoms with E-state index in [2.05, 4.69) is 29.1 Å². The van der Waals surface area contributed by atoms with E-state index in [-0.39, 0.29) is 0 Å². The maximum atomic E-state index is 6.14. The Morgan fingerprint density at radius 2 is 2.00 bits per heavy atom. The summed E-state index contributed by atoms with van der Waals surface area (Å²) in [5.74, 6) is 1.47. The Balaban J connectivity index is 2.14. The van der Waals surface area contributed by atoms with Crippen molar-refractivity contribution in [1.29, 1.82) is 0 Å². The second kappa shape index (κ2) is 7.84. The molecule has 0 aliphatic heterocycles. The molecule has 2 aromatic rings. The van der Waals surface area contributed by atoms with Crippen LogP contribution in [-0.4, -0.2) is 16.5 Å². The van der Waals surface area contributed by atoms with Crippen molar-refractivity contribution in [3.05, 3.63) is 46.7 Å². The number of ether oxygens (including phenoxy) is 1. The Kier molecular flexibility index (Phi) is 5.81. The third-order valence-corrected chi connectivity index (χ3v) is 3.49. The predicted molar refractivity (Wildman–Crippen MR) is 86.0 cm³/mol. The van der Waals surface area contributed by atoms with Crippen LogP contribution in [0.1, 0.15) is 31.4 Å². The van der Waals surface area contributed by atoms with Crippen LogP contribution in [0.4, 0.5) is 5.82 Å². The highest BCUT2D eigenvalue weighted by Crippen LogP contribution is 2.24. The number of benzene rings is 1. The lowest BCUT2D eigenvalue weighted by molar-refractivity contribution is 0.290. The highest BCUT2D eigenvalue weighted by atomic mass is 35.5. The zero-order valence-corrected chi connectivity index (χ0v) is 13.2. The van der Waals surface area contributed by atoms with Gasteiger partial charge in [0.05, 0.1) is 5.56 Å². The van der Waals surface area contributed by atoms with Crippen molar-refractivity contribution in [3.8, 4) is 5.88 Å². The smallest absolute Gasteiger partial charge is 0.222 e. The van der Waals surface area contributed by atoms with Crippen LogP contribution in [0.15, 0.2) is 30.6 Å². The molecular weight excluding hydrogens is 286 g/mol. The zero-order valence-electron chi connectivity index (χ0n) is 12.4. The van der Waals surface area contributed by atoms with Gasteiger partial charge in [0.1, 0.15) is 18.8 Å². The van der Waals surface area contributed by atoms with Crippen LogP contribution in [0.5, 0.6) is 5.88 Å². The lowest BCUT2D eigenvalue weighted by Crippen LogP contribution is -2.08. The molecule has 0 spiro atoms. The number of halogens is 1. The molecule has 0 aliphatic carbocycles. The molecule has 21 heavy (non-hydrogen) atoms. The molecule has 0 fully saturated rings. The first-order valence-corrected chi connectivity index (χ1v) is 7.58. The second-order valence-electron chi connectivity index (χ2n) is 4.67. The minimum atomic E-state index is 0.400. The fourth-order valence-electron chi connectivity index (χ4n) is 2.00. The van der Waals surface area contributed by atoms with Crippen molar-refractivity contribution in [2.45, 2.75) is 33.3 Å². The van der Waals surface area contributed by atoms with Crippen molar-refractivity contribution in [2.75, 3.05) is 11.9 Å². The van der Waals surface area contributed by atoms with Gasteiger partial charge in [0.25, 0.3) is 0 Å². The van der Waals surface area contributed by atoms with Crippen LogP contribution >= 0.6 is 11.6 Å². The third kappa shape index (κ3) is 4.08. The monoisotopic (exact) mass is 305 g/mol. The highest BCUT2D eigenvalue weighted by molar-refractivity contribution is 6.31. The Labute approximate surface area is 130 Å². The van der Waals surface area contributed by atoms with Crippen LogP contribution in [0.3, 0.4) is 0 Å². The molecule has 4 nitrogen and oxygen atoms in total. The van der Waals surface area contributed by atoms with Gasteiger partial charge in [-0.25, -0.2) is 9.97 Å². The molecule has 1 heterocycles. The molecular formula is C16H20ClN3O. The average Bonchev–Trinajstić information content (AvgIpc) is 2.52. The number of nitrogens with one attached hydrogen (secondary N) is 1. The highest BCUT2D eigenvalue weighted by Gasteiger charge is 2.11. The van der Waals surface area contributed by atoms with Gasteiger partial charge in [-0.2, -0.15) is 0 Å². The molecule has 1 aromatic heterocycles. The number of aromatic nitrogens is 2. The van der Waals surface area contributed by atoms with Crippen LogP contribution in [0, 0.1) is 0 Å². The molecule has 0 amide bonds. The van der Waals surface area contributed by atoms with Gasteiger partial charge in [-0.15, -0.1) is 0 Å². The maximum Gasteiger partial charge on any atom is 0.222 e. The van der Waals surface area contributed by atoms with Gasteiger partial charge in [-0.3, -0.25) is 0 Å². The molecule has 0 saturated carbocycles.